The van der Waals surface area contributed by atoms with Crippen molar-refractivity contribution < 1.29 is 9.90 Å². The van der Waals surface area contributed by atoms with E-state index in [2.05, 4.69) is 12.2 Å². The fourth-order valence-corrected chi connectivity index (χ4v) is 1.28. The summed E-state index contributed by atoms with van der Waals surface area (Å²) in [5.74, 6) is -0.0859. The molecule has 0 bridgehead atoms. The van der Waals surface area contributed by atoms with Gasteiger partial charge in [0, 0.05) is 6.54 Å². The molecule has 1 unspecified atom stereocenters. The van der Waals surface area contributed by atoms with Gasteiger partial charge >= 0.3 is 0 Å². The number of piperazine rings is 1. The van der Waals surface area contributed by atoms with E-state index < -0.39 is 6.23 Å². The highest BCUT2D eigenvalue weighted by Gasteiger charge is 2.21. The van der Waals surface area contributed by atoms with Gasteiger partial charge in [-0.15, -0.1) is 0 Å². The number of nitrogens with zero attached hydrogens (tertiary/aromatic N) is 1. The lowest BCUT2D eigenvalue weighted by molar-refractivity contribution is -0.129. The van der Waals surface area contributed by atoms with Gasteiger partial charge in [0.15, 0.2) is 0 Å². The lowest BCUT2D eigenvalue weighted by Crippen LogP contribution is -2.54. The Balaban J connectivity index is 2.36. The van der Waals surface area contributed by atoms with E-state index in [0.717, 1.165) is 13.0 Å². The average Bonchev–Trinajstić information content (AvgIpc) is 1.85. The number of aliphatic hydroxyl groups is 1. The Morgan fingerprint density at radius 2 is 2.55 bits per heavy atom. The van der Waals surface area contributed by atoms with Gasteiger partial charge in [0.25, 0.3) is 0 Å². The van der Waals surface area contributed by atoms with E-state index in [0.29, 0.717) is 13.1 Å². The van der Waals surface area contributed by atoms with E-state index in [9.17, 15) is 4.79 Å². The van der Waals surface area contributed by atoms with Gasteiger partial charge in [-0.1, -0.05) is 6.92 Å². The van der Waals surface area contributed by atoms with E-state index in [4.69, 9.17) is 5.11 Å². The van der Waals surface area contributed by atoms with Crippen molar-refractivity contribution in [3.05, 3.63) is 0 Å². The highest BCUT2D eigenvalue weighted by molar-refractivity contribution is 5.78. The van der Waals surface area contributed by atoms with Crippen LogP contribution in [-0.4, -0.2) is 41.8 Å². The summed E-state index contributed by atoms with van der Waals surface area (Å²) in [6.45, 7) is 3.91. The highest BCUT2D eigenvalue weighted by atomic mass is 16.3. The lowest BCUT2D eigenvalue weighted by atomic mass is 10.3. The molecule has 0 aromatic carbocycles. The number of hydrogen-bond acceptors (Lipinski definition) is 3. The van der Waals surface area contributed by atoms with Crippen LogP contribution in [0.3, 0.4) is 0 Å². The minimum atomic E-state index is -0.678. The fourth-order valence-electron chi connectivity index (χ4n) is 1.28. The van der Waals surface area contributed by atoms with Crippen LogP contribution in [0, 0.1) is 0 Å². The zero-order valence-electron chi connectivity index (χ0n) is 6.71. The van der Waals surface area contributed by atoms with Crippen LogP contribution in [0.25, 0.3) is 0 Å². The lowest BCUT2D eigenvalue weighted by Gasteiger charge is -2.29. The van der Waals surface area contributed by atoms with Crippen LogP contribution in [0.5, 0.6) is 0 Å². The molecule has 1 atom stereocenters. The Bertz CT molecular complexity index is 149. The van der Waals surface area contributed by atoms with Crippen LogP contribution in [0.4, 0.5) is 0 Å². The molecule has 0 radical (unpaired) electrons. The predicted octanol–water partition coefficient (Wildman–Crippen LogP) is -0.853. The maximum atomic E-state index is 10.8. The molecular weight excluding hydrogens is 144 g/mol. The Morgan fingerprint density at radius 1 is 1.82 bits per heavy atom. The molecule has 4 nitrogen and oxygen atoms in total. The minimum Gasteiger partial charge on any atom is -0.372 e. The van der Waals surface area contributed by atoms with Crippen molar-refractivity contribution in [2.75, 3.05) is 19.6 Å². The number of aliphatic hydroxyl groups excluding tert-OH is 1. The molecule has 2 N–H and O–H groups in total. The highest BCUT2D eigenvalue weighted by Crippen LogP contribution is 1.98. The topological polar surface area (TPSA) is 52.6 Å². The molecule has 1 aliphatic rings. The second kappa shape index (κ2) is 3.69. The molecule has 1 saturated heterocycles. The Kier molecular flexibility index (Phi) is 2.84. The SMILES string of the molecule is CCCN1CC(=O)NC(O)C1. The summed E-state index contributed by atoms with van der Waals surface area (Å²) < 4.78 is 0. The van der Waals surface area contributed by atoms with Gasteiger partial charge in [-0.2, -0.15) is 0 Å². The van der Waals surface area contributed by atoms with Gasteiger partial charge < -0.3 is 10.4 Å². The minimum absolute atomic E-state index is 0.0859. The first-order chi connectivity index (χ1) is 5.22. The van der Waals surface area contributed by atoms with E-state index in [1.165, 1.54) is 0 Å². The Labute approximate surface area is 66.2 Å². The molecule has 1 aliphatic heterocycles. The molecule has 0 spiro atoms. The standard InChI is InChI=1S/C7H14N2O2/c1-2-3-9-4-6(10)8-7(11)5-9/h6,10H,2-5H2,1H3,(H,8,11). The molecule has 0 aliphatic carbocycles. The van der Waals surface area contributed by atoms with E-state index in [1.54, 1.807) is 0 Å². The summed E-state index contributed by atoms with van der Waals surface area (Å²) in [6.07, 6.45) is 0.336. The maximum absolute atomic E-state index is 10.8. The van der Waals surface area contributed by atoms with Crippen LogP contribution < -0.4 is 5.32 Å². The van der Waals surface area contributed by atoms with Crippen LogP contribution in [-0.2, 0) is 4.79 Å². The maximum Gasteiger partial charge on any atom is 0.236 e. The van der Waals surface area contributed by atoms with Crippen molar-refractivity contribution in [3.63, 3.8) is 0 Å². The zero-order valence-corrected chi connectivity index (χ0v) is 6.71. The largest absolute Gasteiger partial charge is 0.372 e. The summed E-state index contributed by atoms with van der Waals surface area (Å²) in [6, 6.07) is 0. The summed E-state index contributed by atoms with van der Waals surface area (Å²) >= 11 is 0. The van der Waals surface area contributed by atoms with E-state index in [1.807, 2.05) is 4.90 Å². The zero-order chi connectivity index (χ0) is 8.27. The van der Waals surface area contributed by atoms with E-state index in [-0.39, 0.29) is 5.91 Å². The van der Waals surface area contributed by atoms with Gasteiger partial charge in [0.2, 0.25) is 5.91 Å². The van der Waals surface area contributed by atoms with Crippen molar-refractivity contribution in [2.45, 2.75) is 19.6 Å². The molecule has 1 fully saturated rings. The van der Waals surface area contributed by atoms with Gasteiger partial charge in [-0.25, -0.2) is 0 Å². The number of hydrogen-bond donors (Lipinski definition) is 2. The molecule has 0 aromatic rings. The smallest absolute Gasteiger partial charge is 0.236 e. The number of rotatable bonds is 2. The first kappa shape index (κ1) is 8.49. The third-order valence-electron chi connectivity index (χ3n) is 1.67. The molecule has 1 rings (SSSR count). The van der Waals surface area contributed by atoms with Crippen LogP contribution in [0.2, 0.25) is 0 Å². The third-order valence-corrected chi connectivity index (χ3v) is 1.67. The number of carbonyl (C=O) groups excluding carboxylic acids is 1. The molecule has 11 heavy (non-hydrogen) atoms. The first-order valence-electron chi connectivity index (χ1n) is 3.92. The summed E-state index contributed by atoms with van der Waals surface area (Å²) in [7, 11) is 0. The van der Waals surface area contributed by atoms with Crippen molar-refractivity contribution in [1.29, 1.82) is 0 Å². The molecule has 64 valence electrons. The number of carbonyl (C=O) groups is 1. The van der Waals surface area contributed by atoms with Crippen molar-refractivity contribution in [1.82, 2.24) is 10.2 Å². The monoisotopic (exact) mass is 158 g/mol. The second-order valence-corrected chi connectivity index (χ2v) is 2.82. The Hall–Kier alpha value is -0.610. The molecule has 1 amide bonds. The summed E-state index contributed by atoms with van der Waals surface area (Å²) in [5.41, 5.74) is 0. The molecule has 4 heteroatoms. The van der Waals surface area contributed by atoms with Gasteiger partial charge in [0.1, 0.15) is 6.23 Å². The van der Waals surface area contributed by atoms with Crippen LogP contribution in [0.1, 0.15) is 13.3 Å². The Morgan fingerprint density at radius 3 is 3.09 bits per heavy atom. The molecule has 0 aromatic heterocycles. The molecule has 1 heterocycles. The van der Waals surface area contributed by atoms with Crippen molar-refractivity contribution in [2.24, 2.45) is 0 Å². The number of β-amino-alcohol motifs (C(OH)–C–C–N with tert-alkyl or cyclic N) is 1. The van der Waals surface area contributed by atoms with Crippen molar-refractivity contribution >= 4 is 5.91 Å². The average molecular weight is 158 g/mol. The van der Waals surface area contributed by atoms with Crippen molar-refractivity contribution in [3.8, 4) is 0 Å². The number of amides is 1. The van der Waals surface area contributed by atoms with Crippen LogP contribution in [0.15, 0.2) is 0 Å². The first-order valence-corrected chi connectivity index (χ1v) is 3.92. The summed E-state index contributed by atoms with van der Waals surface area (Å²) in [4.78, 5) is 12.8. The molecular formula is C7H14N2O2. The van der Waals surface area contributed by atoms with Gasteiger partial charge in [0.05, 0.1) is 6.54 Å². The fraction of sp³-hybridized carbons (Fsp3) is 0.857. The quantitative estimate of drug-likeness (QED) is 0.550. The normalized spacial score (nSPS) is 26.7. The summed E-state index contributed by atoms with van der Waals surface area (Å²) in [5, 5.41) is 11.5. The van der Waals surface area contributed by atoms with Gasteiger partial charge in [-0.05, 0) is 13.0 Å². The third kappa shape index (κ3) is 2.48. The number of nitrogens with one attached hydrogen (secondary N) is 1. The predicted molar refractivity (Wildman–Crippen MR) is 40.9 cm³/mol. The van der Waals surface area contributed by atoms with Gasteiger partial charge in [-0.3, -0.25) is 9.69 Å². The van der Waals surface area contributed by atoms with Crippen LogP contribution >= 0.6 is 0 Å². The second-order valence-electron chi connectivity index (χ2n) is 2.82. The van der Waals surface area contributed by atoms with E-state index >= 15 is 0 Å². The molecule has 0 saturated carbocycles.